The van der Waals surface area contributed by atoms with Gasteiger partial charge in [0.1, 0.15) is 6.29 Å². The summed E-state index contributed by atoms with van der Waals surface area (Å²) < 4.78 is 29.6. The number of aliphatic hydroxyl groups is 1. The van der Waals surface area contributed by atoms with Crippen LogP contribution in [0.25, 0.3) is 0 Å². The van der Waals surface area contributed by atoms with Crippen molar-refractivity contribution in [1.82, 2.24) is 0 Å². The van der Waals surface area contributed by atoms with Gasteiger partial charge in [-0.2, -0.15) is 0 Å². The zero-order valence-corrected chi connectivity index (χ0v) is 26.6. The van der Waals surface area contributed by atoms with Crippen molar-refractivity contribution < 1.29 is 43.2 Å². The van der Waals surface area contributed by atoms with Gasteiger partial charge in [-0.3, -0.25) is 9.59 Å². The number of carbonyl (C=O) groups excluding carboxylic acids is 3. The van der Waals surface area contributed by atoms with Gasteiger partial charge in [-0.05, 0) is 37.0 Å². The second-order valence-corrected chi connectivity index (χ2v) is 11.6. The molecule has 43 heavy (non-hydrogen) atoms. The number of hydrogen-bond acceptors (Lipinski definition) is 9. The number of ether oxygens (including phenoxy) is 5. The second kappa shape index (κ2) is 18.1. The molecule has 9 nitrogen and oxygen atoms in total. The first-order valence-corrected chi connectivity index (χ1v) is 15.2. The van der Waals surface area contributed by atoms with E-state index in [4.69, 9.17) is 23.7 Å². The topological polar surface area (TPSA) is 118 Å². The van der Waals surface area contributed by atoms with Gasteiger partial charge in [-0.15, -0.1) is 0 Å². The van der Waals surface area contributed by atoms with Crippen molar-refractivity contribution in [3.05, 3.63) is 59.7 Å². The van der Waals surface area contributed by atoms with E-state index in [1.807, 2.05) is 30.3 Å². The molecular formula is C34H50O9. The van der Waals surface area contributed by atoms with Crippen LogP contribution >= 0.6 is 0 Å². The molecule has 0 spiro atoms. The van der Waals surface area contributed by atoms with Gasteiger partial charge in [0, 0.05) is 31.4 Å². The van der Waals surface area contributed by atoms with E-state index in [1.165, 1.54) is 26.4 Å². The van der Waals surface area contributed by atoms with Crippen LogP contribution in [0.1, 0.15) is 84.6 Å². The molecule has 1 aliphatic heterocycles. The molecule has 1 saturated heterocycles. The molecule has 240 valence electrons. The Morgan fingerprint density at radius 2 is 1.84 bits per heavy atom. The fourth-order valence-corrected chi connectivity index (χ4v) is 5.34. The van der Waals surface area contributed by atoms with E-state index in [-0.39, 0.29) is 19.3 Å². The Hall–Kier alpha value is -2.85. The summed E-state index contributed by atoms with van der Waals surface area (Å²) in [5.74, 6) is -2.71. The van der Waals surface area contributed by atoms with Gasteiger partial charge in [0.25, 0.3) is 0 Å². The van der Waals surface area contributed by atoms with E-state index >= 15 is 0 Å². The molecule has 0 aromatic heterocycles. The Balaban J connectivity index is 2.38. The number of allylic oxidation sites excluding steroid dienone is 1. The van der Waals surface area contributed by atoms with E-state index in [0.717, 1.165) is 31.2 Å². The zero-order valence-electron chi connectivity index (χ0n) is 26.6. The number of carbonyl (C=O) groups is 3. The number of aldehydes is 1. The molecule has 0 aliphatic carbocycles. The number of aliphatic hydroxyl groups excluding tert-OH is 1. The standard InChI is InChI=1S/C34H50O9/c1-7-8-9-10-14-18-30(37)42-32-27(22-31(38)39-5)21-28(43-34(32,40-6)33(3,4)19-15-20-35)23-29(36)25(2)41-24-26-16-12-11-13-17-26/h11-13,15-17,19-20,22,25,28-29,32,36H,7-10,14,18,21,23-24H2,1-6H3/b19-15+,27-22+/t25-,28?,29-,32+,34-/m1/s1. The van der Waals surface area contributed by atoms with Crippen LogP contribution in [0.3, 0.4) is 0 Å². The predicted octanol–water partition coefficient (Wildman–Crippen LogP) is 5.63. The van der Waals surface area contributed by atoms with Crippen molar-refractivity contribution in [3.63, 3.8) is 0 Å². The monoisotopic (exact) mass is 602 g/mol. The van der Waals surface area contributed by atoms with E-state index < -0.39 is 47.6 Å². The molecule has 1 aliphatic rings. The van der Waals surface area contributed by atoms with Crippen LogP contribution in [0, 0.1) is 5.41 Å². The van der Waals surface area contributed by atoms with Crippen LogP contribution in [0.15, 0.2) is 54.1 Å². The first-order valence-electron chi connectivity index (χ1n) is 15.2. The summed E-state index contributed by atoms with van der Waals surface area (Å²) in [5, 5.41) is 11.1. The minimum atomic E-state index is -1.64. The third-order valence-corrected chi connectivity index (χ3v) is 7.92. The first-order chi connectivity index (χ1) is 20.5. The molecular weight excluding hydrogens is 552 g/mol. The third-order valence-electron chi connectivity index (χ3n) is 7.92. The summed E-state index contributed by atoms with van der Waals surface area (Å²) in [5.41, 5.74) is 0.390. The Bertz CT molecular complexity index is 1060. The summed E-state index contributed by atoms with van der Waals surface area (Å²) in [6.07, 6.45) is 7.00. The fourth-order valence-electron chi connectivity index (χ4n) is 5.34. The number of unbranched alkanes of at least 4 members (excludes halogenated alkanes) is 4. The molecule has 5 atom stereocenters. The Morgan fingerprint density at radius 1 is 1.14 bits per heavy atom. The van der Waals surface area contributed by atoms with Crippen LogP contribution in [0.4, 0.5) is 0 Å². The zero-order chi connectivity index (χ0) is 31.9. The Kier molecular flexibility index (Phi) is 15.3. The highest BCUT2D eigenvalue weighted by Gasteiger charge is 2.59. The maximum absolute atomic E-state index is 13.1. The van der Waals surface area contributed by atoms with Gasteiger partial charge < -0.3 is 28.8 Å². The van der Waals surface area contributed by atoms with Gasteiger partial charge in [0.2, 0.25) is 5.79 Å². The average molecular weight is 603 g/mol. The Morgan fingerprint density at radius 3 is 2.47 bits per heavy atom. The lowest BCUT2D eigenvalue weighted by atomic mass is 9.74. The summed E-state index contributed by atoms with van der Waals surface area (Å²) in [6, 6.07) is 9.66. The van der Waals surface area contributed by atoms with E-state index in [9.17, 15) is 19.5 Å². The maximum atomic E-state index is 13.1. The Labute approximate surface area is 256 Å². The van der Waals surface area contributed by atoms with E-state index in [0.29, 0.717) is 24.9 Å². The fraction of sp³-hybridized carbons (Fsp3) is 0.618. The molecule has 0 radical (unpaired) electrons. The predicted molar refractivity (Wildman–Crippen MR) is 163 cm³/mol. The van der Waals surface area contributed by atoms with Gasteiger partial charge in [0.05, 0.1) is 32.0 Å². The summed E-state index contributed by atoms with van der Waals surface area (Å²) >= 11 is 0. The van der Waals surface area contributed by atoms with Crippen molar-refractivity contribution in [2.24, 2.45) is 5.41 Å². The van der Waals surface area contributed by atoms with Crippen LogP contribution in [0.5, 0.6) is 0 Å². The van der Waals surface area contributed by atoms with Crippen LogP contribution in [0.2, 0.25) is 0 Å². The lowest BCUT2D eigenvalue weighted by molar-refractivity contribution is -0.338. The SMILES string of the molecule is CCCCCCCC(=O)O[C@H]1/C(=C/C(=O)OC)CC(C[C@@H](O)[C@@H](C)OCc2ccccc2)O[C@@]1(OC)C(C)(C)/C=C/C=O. The third kappa shape index (κ3) is 10.7. The number of rotatable bonds is 18. The molecule has 2 rings (SSSR count). The summed E-state index contributed by atoms with van der Waals surface area (Å²) in [4.78, 5) is 36.9. The molecule has 1 unspecified atom stereocenters. The number of hydrogen-bond donors (Lipinski definition) is 1. The van der Waals surface area contributed by atoms with Crippen LogP contribution < -0.4 is 0 Å². The molecule has 0 bridgehead atoms. The molecule has 0 amide bonds. The highest BCUT2D eigenvalue weighted by atomic mass is 16.7. The second-order valence-electron chi connectivity index (χ2n) is 11.6. The van der Waals surface area contributed by atoms with Crippen molar-refractivity contribution in [1.29, 1.82) is 0 Å². The van der Waals surface area contributed by atoms with Crippen molar-refractivity contribution in [2.45, 2.75) is 116 Å². The number of benzene rings is 1. The number of esters is 2. The van der Waals surface area contributed by atoms with Crippen LogP contribution in [-0.4, -0.2) is 67.8 Å². The van der Waals surface area contributed by atoms with Gasteiger partial charge >= 0.3 is 11.9 Å². The van der Waals surface area contributed by atoms with Crippen molar-refractivity contribution in [3.8, 4) is 0 Å². The van der Waals surface area contributed by atoms with Crippen molar-refractivity contribution in [2.75, 3.05) is 14.2 Å². The van der Waals surface area contributed by atoms with Crippen molar-refractivity contribution >= 4 is 18.2 Å². The quantitative estimate of drug-likeness (QED) is 0.0988. The molecule has 1 N–H and O–H groups in total. The molecule has 9 heteroatoms. The lowest BCUT2D eigenvalue weighted by Crippen LogP contribution is -2.63. The van der Waals surface area contributed by atoms with Gasteiger partial charge in [0.15, 0.2) is 6.10 Å². The maximum Gasteiger partial charge on any atom is 0.330 e. The highest BCUT2D eigenvalue weighted by molar-refractivity contribution is 5.83. The normalized spacial score (nSPS) is 23.2. The molecule has 1 aromatic rings. The molecule has 1 heterocycles. The average Bonchev–Trinajstić information content (AvgIpc) is 3.00. The highest BCUT2D eigenvalue weighted by Crippen LogP contribution is 2.48. The van der Waals surface area contributed by atoms with E-state index in [1.54, 1.807) is 26.8 Å². The molecule has 1 aromatic carbocycles. The minimum Gasteiger partial charge on any atom is -0.466 e. The number of methoxy groups -OCH3 is 2. The minimum absolute atomic E-state index is 0.144. The molecule has 0 saturated carbocycles. The van der Waals surface area contributed by atoms with Gasteiger partial charge in [-0.1, -0.05) is 82.9 Å². The first kappa shape index (κ1) is 36.3. The largest absolute Gasteiger partial charge is 0.466 e. The molecule has 1 fully saturated rings. The van der Waals surface area contributed by atoms with Crippen LogP contribution in [-0.2, 0) is 44.7 Å². The summed E-state index contributed by atoms with van der Waals surface area (Å²) in [6.45, 7) is 7.83. The van der Waals surface area contributed by atoms with Gasteiger partial charge in [-0.25, -0.2) is 4.79 Å². The smallest absolute Gasteiger partial charge is 0.330 e. The summed E-state index contributed by atoms with van der Waals surface area (Å²) in [7, 11) is 2.70. The van der Waals surface area contributed by atoms with E-state index in [2.05, 4.69) is 6.92 Å². The lowest BCUT2D eigenvalue weighted by Gasteiger charge is -2.53.